The van der Waals surface area contributed by atoms with Crippen molar-refractivity contribution in [3.05, 3.63) is 66.5 Å². The molecule has 0 unspecified atom stereocenters. The van der Waals surface area contributed by atoms with Crippen molar-refractivity contribution in [2.45, 2.75) is 26.2 Å². The summed E-state index contributed by atoms with van der Waals surface area (Å²) < 4.78 is 0. The quantitative estimate of drug-likeness (QED) is 0.720. The molecular weight excluding hydrogens is 284 g/mol. The zero-order chi connectivity index (χ0) is 16.1. The van der Waals surface area contributed by atoms with Crippen molar-refractivity contribution in [3.63, 3.8) is 0 Å². The highest BCUT2D eigenvalue weighted by atomic mass is 16.1. The number of hydrogen-bond acceptors (Lipinski definition) is 2. The molecule has 116 valence electrons. The zero-order valence-electron chi connectivity index (χ0n) is 13.3. The lowest BCUT2D eigenvalue weighted by Gasteiger charge is -2.02. The third-order valence-electron chi connectivity index (χ3n) is 3.80. The Kier molecular flexibility index (Phi) is 4.67. The zero-order valence-corrected chi connectivity index (χ0v) is 13.3. The Bertz CT molecular complexity index is 719. The number of nitrogens with one attached hydrogen (secondary N) is 1. The lowest BCUT2D eigenvalue weighted by Crippen LogP contribution is -1.94. The second kappa shape index (κ2) is 7.05. The summed E-state index contributed by atoms with van der Waals surface area (Å²) in [6.45, 7) is 1.63. The Hall–Kier alpha value is -2.68. The van der Waals surface area contributed by atoms with Crippen LogP contribution in [0.3, 0.4) is 0 Å². The molecule has 1 aromatic heterocycles. The van der Waals surface area contributed by atoms with E-state index >= 15 is 0 Å². The van der Waals surface area contributed by atoms with Crippen LogP contribution in [0.2, 0.25) is 0 Å². The molecule has 0 fully saturated rings. The van der Waals surface area contributed by atoms with E-state index in [1.807, 2.05) is 36.4 Å². The van der Waals surface area contributed by atoms with E-state index in [0.29, 0.717) is 6.42 Å². The molecule has 0 aliphatic heterocycles. The van der Waals surface area contributed by atoms with E-state index < -0.39 is 0 Å². The molecule has 0 radical (unpaired) electrons. The first-order valence-corrected chi connectivity index (χ1v) is 7.93. The van der Waals surface area contributed by atoms with Gasteiger partial charge in [0.05, 0.1) is 11.4 Å². The van der Waals surface area contributed by atoms with Crippen LogP contribution < -0.4 is 0 Å². The van der Waals surface area contributed by atoms with Crippen LogP contribution in [0, 0.1) is 0 Å². The minimum absolute atomic E-state index is 0.225. The predicted molar refractivity (Wildman–Crippen MR) is 93.1 cm³/mol. The molecule has 23 heavy (non-hydrogen) atoms. The number of H-pyrrole nitrogens is 1. The molecule has 2 aromatic carbocycles. The molecule has 0 aliphatic carbocycles. The highest BCUT2D eigenvalue weighted by molar-refractivity contribution is 5.78. The molecular formula is C20H20N2O. The van der Waals surface area contributed by atoms with Crippen LogP contribution in [0.5, 0.6) is 0 Å². The van der Waals surface area contributed by atoms with Crippen LogP contribution in [0.1, 0.15) is 25.6 Å². The van der Waals surface area contributed by atoms with Gasteiger partial charge in [0.2, 0.25) is 0 Å². The molecule has 3 heteroatoms. The number of rotatable bonds is 6. The summed E-state index contributed by atoms with van der Waals surface area (Å²) >= 11 is 0. The van der Waals surface area contributed by atoms with Crippen molar-refractivity contribution in [1.29, 1.82) is 0 Å². The molecule has 3 nitrogen and oxygen atoms in total. The number of carbonyl (C=O) groups is 1. The van der Waals surface area contributed by atoms with Gasteiger partial charge in [-0.15, -0.1) is 0 Å². The number of ketones is 1. The summed E-state index contributed by atoms with van der Waals surface area (Å²) in [6.07, 6.45) is 2.21. The minimum atomic E-state index is 0.225. The van der Waals surface area contributed by atoms with Crippen LogP contribution in [0.4, 0.5) is 0 Å². The average Bonchev–Trinajstić information content (AvgIpc) is 3.00. The Morgan fingerprint density at radius 3 is 2.17 bits per heavy atom. The van der Waals surface area contributed by atoms with Crippen molar-refractivity contribution in [2.24, 2.45) is 0 Å². The summed E-state index contributed by atoms with van der Waals surface area (Å²) in [4.78, 5) is 19.4. The Morgan fingerprint density at radius 2 is 1.57 bits per heavy atom. The normalized spacial score (nSPS) is 10.7. The van der Waals surface area contributed by atoms with E-state index in [1.54, 1.807) is 6.92 Å². The van der Waals surface area contributed by atoms with Gasteiger partial charge < -0.3 is 9.78 Å². The van der Waals surface area contributed by atoms with Crippen molar-refractivity contribution in [1.82, 2.24) is 9.97 Å². The number of aromatic amines is 1. The highest BCUT2D eigenvalue weighted by Gasteiger charge is 2.13. The largest absolute Gasteiger partial charge is 0.341 e. The second-order valence-corrected chi connectivity index (χ2v) is 5.69. The van der Waals surface area contributed by atoms with E-state index in [2.05, 4.69) is 29.2 Å². The van der Waals surface area contributed by atoms with Crippen LogP contribution >= 0.6 is 0 Å². The van der Waals surface area contributed by atoms with Gasteiger partial charge in [-0.2, -0.15) is 0 Å². The molecule has 0 spiro atoms. The first-order valence-electron chi connectivity index (χ1n) is 7.93. The predicted octanol–water partition coefficient (Wildman–Crippen LogP) is 4.66. The number of Topliss-reactive ketones (excluding diaryl/α,β-unsaturated/α-hetero) is 1. The van der Waals surface area contributed by atoms with E-state index in [-0.39, 0.29) is 5.78 Å². The molecule has 0 aliphatic rings. The Morgan fingerprint density at radius 1 is 0.957 bits per heavy atom. The van der Waals surface area contributed by atoms with Gasteiger partial charge in [0, 0.05) is 24.0 Å². The standard InChI is InChI=1S/C20H20N2O/c1-15(23)9-8-14-18-21-19(16-10-4-2-5-11-16)20(22-18)17-12-6-3-7-13-17/h2-7,10-13H,8-9,14H2,1H3,(H,21,22). The number of aromatic nitrogens is 2. The van der Waals surface area contributed by atoms with E-state index in [1.165, 1.54) is 0 Å². The fraction of sp³-hybridized carbons (Fsp3) is 0.200. The van der Waals surface area contributed by atoms with Crippen molar-refractivity contribution >= 4 is 5.78 Å². The van der Waals surface area contributed by atoms with Crippen LogP contribution in [-0.2, 0) is 11.2 Å². The topological polar surface area (TPSA) is 45.8 Å². The SMILES string of the molecule is CC(=O)CCCc1nc(-c2ccccc2)c(-c2ccccc2)[nH]1. The lowest BCUT2D eigenvalue weighted by molar-refractivity contribution is -0.117. The summed E-state index contributed by atoms with van der Waals surface area (Å²) in [5, 5.41) is 0. The molecule has 1 N–H and O–H groups in total. The van der Waals surface area contributed by atoms with Gasteiger partial charge in [0.1, 0.15) is 11.6 Å². The van der Waals surface area contributed by atoms with Crippen LogP contribution in [0.25, 0.3) is 22.5 Å². The van der Waals surface area contributed by atoms with Crippen molar-refractivity contribution in [2.75, 3.05) is 0 Å². The Labute approximate surface area is 136 Å². The number of carbonyl (C=O) groups excluding carboxylic acids is 1. The number of benzene rings is 2. The third-order valence-corrected chi connectivity index (χ3v) is 3.80. The smallest absolute Gasteiger partial charge is 0.129 e. The van der Waals surface area contributed by atoms with Gasteiger partial charge in [-0.25, -0.2) is 4.98 Å². The molecule has 0 saturated heterocycles. The monoisotopic (exact) mass is 304 g/mol. The number of imidazole rings is 1. The number of aryl methyl sites for hydroxylation is 1. The van der Waals surface area contributed by atoms with Gasteiger partial charge in [-0.05, 0) is 13.3 Å². The van der Waals surface area contributed by atoms with Crippen molar-refractivity contribution in [3.8, 4) is 22.5 Å². The molecule has 0 bridgehead atoms. The van der Waals surface area contributed by atoms with Crippen LogP contribution in [-0.4, -0.2) is 15.8 Å². The van der Waals surface area contributed by atoms with E-state index in [9.17, 15) is 4.79 Å². The van der Waals surface area contributed by atoms with Gasteiger partial charge in [0.25, 0.3) is 0 Å². The summed E-state index contributed by atoms with van der Waals surface area (Å²) in [7, 11) is 0. The fourth-order valence-corrected chi connectivity index (χ4v) is 2.66. The summed E-state index contributed by atoms with van der Waals surface area (Å²) in [6, 6.07) is 20.4. The van der Waals surface area contributed by atoms with E-state index in [4.69, 9.17) is 4.98 Å². The highest BCUT2D eigenvalue weighted by Crippen LogP contribution is 2.30. The Balaban J connectivity index is 1.96. The van der Waals surface area contributed by atoms with Crippen LogP contribution in [0.15, 0.2) is 60.7 Å². The summed E-state index contributed by atoms with van der Waals surface area (Å²) in [5.41, 5.74) is 4.22. The van der Waals surface area contributed by atoms with Gasteiger partial charge in [-0.1, -0.05) is 60.7 Å². The first kappa shape index (κ1) is 15.2. The lowest BCUT2D eigenvalue weighted by atomic mass is 10.1. The fourth-order valence-electron chi connectivity index (χ4n) is 2.66. The third kappa shape index (κ3) is 3.75. The van der Waals surface area contributed by atoms with Gasteiger partial charge in [-0.3, -0.25) is 0 Å². The average molecular weight is 304 g/mol. The summed E-state index contributed by atoms with van der Waals surface area (Å²) in [5.74, 6) is 1.16. The number of hydrogen-bond donors (Lipinski definition) is 1. The molecule has 0 amide bonds. The molecule has 1 heterocycles. The van der Waals surface area contributed by atoms with Gasteiger partial charge >= 0.3 is 0 Å². The molecule has 0 atom stereocenters. The van der Waals surface area contributed by atoms with Gasteiger partial charge in [0.15, 0.2) is 0 Å². The first-order chi connectivity index (χ1) is 11.2. The molecule has 0 saturated carbocycles. The van der Waals surface area contributed by atoms with Crippen molar-refractivity contribution < 1.29 is 4.79 Å². The maximum atomic E-state index is 11.1. The minimum Gasteiger partial charge on any atom is -0.341 e. The maximum Gasteiger partial charge on any atom is 0.129 e. The number of nitrogens with zero attached hydrogens (tertiary/aromatic N) is 1. The second-order valence-electron chi connectivity index (χ2n) is 5.69. The molecule has 3 rings (SSSR count). The van der Waals surface area contributed by atoms with E-state index in [0.717, 1.165) is 41.2 Å². The molecule has 3 aromatic rings. The maximum absolute atomic E-state index is 11.1.